The van der Waals surface area contributed by atoms with Gasteiger partial charge in [-0.15, -0.1) is 11.3 Å². The Kier molecular flexibility index (Phi) is 3.98. The lowest BCUT2D eigenvalue weighted by Crippen LogP contribution is -2.23. The number of imidazole rings is 1. The number of aromatic nitrogens is 2. The average Bonchev–Trinajstić information content (AvgIpc) is 2.99. The molecule has 0 aliphatic rings. The number of hydrogen-bond acceptors (Lipinski definition) is 4. The van der Waals surface area contributed by atoms with E-state index in [0.717, 1.165) is 15.0 Å². The largest absolute Gasteiger partial charge is 0.337 e. The molecule has 0 radical (unpaired) electrons. The summed E-state index contributed by atoms with van der Waals surface area (Å²) >= 11 is 7.80. The van der Waals surface area contributed by atoms with Crippen molar-refractivity contribution in [2.24, 2.45) is 7.05 Å². The minimum atomic E-state index is -3.65. The maximum Gasteiger partial charge on any atom is 0.259 e. The van der Waals surface area contributed by atoms with Crippen LogP contribution in [-0.2, 0) is 23.6 Å². The van der Waals surface area contributed by atoms with Crippen LogP contribution in [0, 0.1) is 6.92 Å². The number of rotatable bonds is 4. The van der Waals surface area contributed by atoms with E-state index in [-0.39, 0.29) is 11.6 Å². The van der Waals surface area contributed by atoms with Gasteiger partial charge in [0.2, 0.25) is 0 Å². The summed E-state index contributed by atoms with van der Waals surface area (Å²) in [7, 11) is -1.89. The van der Waals surface area contributed by atoms with E-state index in [2.05, 4.69) is 9.71 Å². The van der Waals surface area contributed by atoms with Crippen LogP contribution in [0.25, 0.3) is 10.1 Å². The Balaban J connectivity index is 1.85. The summed E-state index contributed by atoms with van der Waals surface area (Å²) in [5.74, 6) is 0.639. The lowest BCUT2D eigenvalue weighted by molar-refractivity contribution is 0.578. The number of halogens is 1. The lowest BCUT2D eigenvalue weighted by atomic mass is 10.2. The molecule has 0 bridgehead atoms. The van der Waals surface area contributed by atoms with Crippen molar-refractivity contribution in [3.63, 3.8) is 0 Å². The predicted octanol–water partition coefficient (Wildman–Crippen LogP) is 3.08. The Bertz CT molecular complexity index is 925. The molecule has 5 nitrogen and oxygen atoms in total. The predicted molar refractivity (Wildman–Crippen MR) is 88.8 cm³/mol. The van der Waals surface area contributed by atoms with Gasteiger partial charge in [0, 0.05) is 34.8 Å². The molecule has 0 aliphatic carbocycles. The van der Waals surface area contributed by atoms with Gasteiger partial charge < -0.3 is 4.57 Å². The van der Waals surface area contributed by atoms with Gasteiger partial charge in [0.1, 0.15) is 5.82 Å². The van der Waals surface area contributed by atoms with Crippen LogP contribution in [-0.4, -0.2) is 18.0 Å². The fourth-order valence-electron chi connectivity index (χ4n) is 2.07. The molecule has 0 saturated carbocycles. The second-order valence-corrected chi connectivity index (χ2v) is 8.13. The number of thiophene rings is 1. The van der Waals surface area contributed by atoms with E-state index >= 15 is 0 Å². The first-order valence-electron chi connectivity index (χ1n) is 6.54. The average molecular weight is 356 g/mol. The van der Waals surface area contributed by atoms with Crippen LogP contribution in [0.4, 0.5) is 0 Å². The van der Waals surface area contributed by atoms with Crippen molar-refractivity contribution < 1.29 is 8.42 Å². The highest BCUT2D eigenvalue weighted by molar-refractivity contribution is 7.89. The van der Waals surface area contributed by atoms with Crippen LogP contribution in [0.3, 0.4) is 0 Å². The molecule has 0 aliphatic heterocycles. The molecule has 2 heterocycles. The number of benzene rings is 1. The standard InChI is InChI=1S/C14H14ClN3O2S2/c1-9-17-13(8-18(9)2)22(19,20)16-7-12-14(15)10-5-3-4-6-11(10)21-12/h3-6,8,16H,7H2,1-2H3. The van der Waals surface area contributed by atoms with Gasteiger partial charge in [0.05, 0.1) is 5.02 Å². The summed E-state index contributed by atoms with van der Waals surface area (Å²) in [6.45, 7) is 1.90. The molecule has 2 aromatic heterocycles. The highest BCUT2D eigenvalue weighted by Crippen LogP contribution is 2.35. The zero-order chi connectivity index (χ0) is 15.9. The summed E-state index contributed by atoms with van der Waals surface area (Å²) in [6.07, 6.45) is 1.49. The zero-order valence-corrected chi connectivity index (χ0v) is 14.4. The van der Waals surface area contributed by atoms with E-state index in [1.807, 2.05) is 24.3 Å². The molecule has 0 atom stereocenters. The maximum absolute atomic E-state index is 12.3. The molecule has 0 fully saturated rings. The second kappa shape index (κ2) is 5.66. The summed E-state index contributed by atoms with van der Waals surface area (Å²) in [5, 5.41) is 1.56. The Morgan fingerprint density at radius 2 is 2.09 bits per heavy atom. The third kappa shape index (κ3) is 2.77. The number of sulfonamides is 1. The van der Waals surface area contributed by atoms with Gasteiger partial charge in [-0.3, -0.25) is 0 Å². The van der Waals surface area contributed by atoms with E-state index in [9.17, 15) is 8.42 Å². The van der Waals surface area contributed by atoms with E-state index in [0.29, 0.717) is 10.8 Å². The highest BCUT2D eigenvalue weighted by atomic mass is 35.5. The molecule has 8 heteroatoms. The van der Waals surface area contributed by atoms with Crippen molar-refractivity contribution in [2.75, 3.05) is 0 Å². The minimum Gasteiger partial charge on any atom is -0.337 e. The van der Waals surface area contributed by atoms with Crippen molar-refractivity contribution in [3.05, 3.63) is 46.2 Å². The number of aryl methyl sites for hydroxylation is 2. The van der Waals surface area contributed by atoms with Gasteiger partial charge in [0.25, 0.3) is 10.0 Å². The highest BCUT2D eigenvalue weighted by Gasteiger charge is 2.19. The van der Waals surface area contributed by atoms with Crippen molar-refractivity contribution in [1.29, 1.82) is 0 Å². The van der Waals surface area contributed by atoms with Crippen LogP contribution in [0.5, 0.6) is 0 Å². The van der Waals surface area contributed by atoms with Gasteiger partial charge in [-0.05, 0) is 13.0 Å². The molecule has 3 rings (SSSR count). The monoisotopic (exact) mass is 355 g/mol. The number of nitrogens with zero attached hydrogens (tertiary/aromatic N) is 2. The topological polar surface area (TPSA) is 64.0 Å². The van der Waals surface area contributed by atoms with Crippen LogP contribution in [0.15, 0.2) is 35.5 Å². The zero-order valence-electron chi connectivity index (χ0n) is 12.0. The molecule has 0 saturated heterocycles. The van der Waals surface area contributed by atoms with Gasteiger partial charge >= 0.3 is 0 Å². The molecular weight excluding hydrogens is 342 g/mol. The number of fused-ring (bicyclic) bond motifs is 1. The third-order valence-electron chi connectivity index (χ3n) is 3.39. The second-order valence-electron chi connectivity index (χ2n) is 4.90. The molecule has 22 heavy (non-hydrogen) atoms. The fraction of sp³-hybridized carbons (Fsp3) is 0.214. The Labute approximate surface area is 137 Å². The van der Waals surface area contributed by atoms with Crippen molar-refractivity contribution in [2.45, 2.75) is 18.5 Å². The minimum absolute atomic E-state index is 0.0183. The first-order valence-corrected chi connectivity index (χ1v) is 9.22. The molecule has 116 valence electrons. The summed E-state index contributed by atoms with van der Waals surface area (Å²) in [4.78, 5) is 4.83. The molecule has 3 aromatic rings. The number of nitrogens with one attached hydrogen (secondary N) is 1. The van der Waals surface area contributed by atoms with Gasteiger partial charge in [-0.1, -0.05) is 29.8 Å². The Hall–Kier alpha value is -1.41. The van der Waals surface area contributed by atoms with Crippen LogP contribution < -0.4 is 4.72 Å². The van der Waals surface area contributed by atoms with Crippen molar-refractivity contribution in [1.82, 2.24) is 14.3 Å². The summed E-state index contributed by atoms with van der Waals surface area (Å²) in [5.41, 5.74) is 0. The summed E-state index contributed by atoms with van der Waals surface area (Å²) in [6, 6.07) is 7.73. The van der Waals surface area contributed by atoms with Crippen LogP contribution in [0.1, 0.15) is 10.7 Å². The van der Waals surface area contributed by atoms with Gasteiger partial charge in [-0.2, -0.15) is 0 Å². The third-order valence-corrected chi connectivity index (χ3v) is 6.37. The molecule has 1 N–H and O–H groups in total. The quantitative estimate of drug-likeness (QED) is 0.782. The smallest absolute Gasteiger partial charge is 0.259 e. The lowest BCUT2D eigenvalue weighted by Gasteiger charge is -2.02. The fourth-order valence-corrected chi connectivity index (χ4v) is 4.63. The van der Waals surface area contributed by atoms with Crippen molar-refractivity contribution >= 4 is 43.0 Å². The van der Waals surface area contributed by atoms with Crippen molar-refractivity contribution in [3.8, 4) is 0 Å². The van der Waals surface area contributed by atoms with Gasteiger partial charge in [0.15, 0.2) is 5.03 Å². The molecule has 0 unspecified atom stereocenters. The Morgan fingerprint density at radius 3 is 2.73 bits per heavy atom. The van der Waals surface area contributed by atoms with E-state index < -0.39 is 10.0 Å². The molecule has 0 amide bonds. The van der Waals surface area contributed by atoms with Gasteiger partial charge in [-0.25, -0.2) is 18.1 Å². The molecule has 0 spiro atoms. The van der Waals surface area contributed by atoms with E-state index in [1.54, 1.807) is 18.5 Å². The normalized spacial score (nSPS) is 12.1. The number of hydrogen-bond donors (Lipinski definition) is 1. The van der Waals surface area contributed by atoms with E-state index in [1.165, 1.54) is 17.5 Å². The van der Waals surface area contributed by atoms with E-state index in [4.69, 9.17) is 11.6 Å². The van der Waals surface area contributed by atoms with Crippen LogP contribution >= 0.6 is 22.9 Å². The van der Waals surface area contributed by atoms with Crippen LogP contribution in [0.2, 0.25) is 5.02 Å². The first-order chi connectivity index (χ1) is 10.4. The first kappa shape index (κ1) is 15.5. The maximum atomic E-state index is 12.3. The molecular formula is C14H14ClN3O2S2. The SMILES string of the molecule is Cc1nc(S(=O)(=O)NCc2sc3ccccc3c2Cl)cn1C. The summed E-state index contributed by atoms with van der Waals surface area (Å²) < 4.78 is 29.8. The Morgan fingerprint density at radius 1 is 1.36 bits per heavy atom. The molecule has 1 aromatic carbocycles.